The van der Waals surface area contributed by atoms with Gasteiger partial charge in [0, 0.05) is 14.9 Å². The molecule has 0 amide bonds. The lowest BCUT2D eigenvalue weighted by Crippen LogP contribution is -1.74. The van der Waals surface area contributed by atoms with Crippen LogP contribution in [0.3, 0.4) is 0 Å². The molecule has 2 aromatic rings. The molecule has 0 atom stereocenters. The lowest BCUT2D eigenvalue weighted by atomic mass is 10.4. The molecule has 2 heteroatoms. The van der Waals surface area contributed by atoms with E-state index in [2.05, 4.69) is 48.5 Å². The van der Waals surface area contributed by atoms with E-state index in [1.165, 1.54) is 9.79 Å². The number of hydrogen-bond donors (Lipinski definition) is 0. The first kappa shape index (κ1) is 14.2. The van der Waals surface area contributed by atoms with Gasteiger partial charge in [-0.25, -0.2) is 0 Å². The van der Waals surface area contributed by atoms with Gasteiger partial charge in [0.15, 0.2) is 0 Å². The van der Waals surface area contributed by atoms with Crippen LogP contribution in [0, 0.1) is 0 Å². The van der Waals surface area contributed by atoms with Crippen LogP contribution in [0.15, 0.2) is 70.5 Å². The van der Waals surface area contributed by atoms with E-state index in [1.807, 2.05) is 49.5 Å². The molecule has 0 fully saturated rings. The summed E-state index contributed by atoms with van der Waals surface area (Å²) in [4.78, 5) is 2.67. The molecule has 17 heavy (non-hydrogen) atoms. The predicted octanol–water partition coefficient (Wildman–Crippen LogP) is 5.55. The Hall–Kier alpha value is -0.860. The van der Waals surface area contributed by atoms with Gasteiger partial charge in [0.05, 0.1) is 0 Å². The first-order valence-electron chi connectivity index (χ1n) is 5.81. The van der Waals surface area contributed by atoms with Gasteiger partial charge in [-0.3, -0.25) is 0 Å². The van der Waals surface area contributed by atoms with E-state index in [0.717, 1.165) is 5.08 Å². The Kier molecular flexibility index (Phi) is 7.69. The average molecular weight is 262 g/mol. The molecule has 0 aromatic heterocycles. The second kappa shape index (κ2) is 9.20. The van der Waals surface area contributed by atoms with E-state index in [4.69, 9.17) is 0 Å². The lowest BCUT2D eigenvalue weighted by Gasteiger charge is -2.01. The second-order valence-corrected chi connectivity index (χ2v) is 5.50. The zero-order valence-electron chi connectivity index (χ0n) is 10.3. The van der Waals surface area contributed by atoms with Crippen LogP contribution in [0.4, 0.5) is 0 Å². The molecule has 2 aromatic carbocycles. The summed E-state index contributed by atoms with van der Waals surface area (Å²) in [5.41, 5.74) is 0. The maximum atomic E-state index is 2.15. The number of rotatable bonds is 4. The molecule has 0 saturated carbocycles. The minimum absolute atomic E-state index is 1.06. The standard InChI is InChI=1S/C13H12S2.C2H6/c1-3-7-12(8-4-1)14-11-15-13-9-5-2-6-10-13;1-2/h1-10H,11H2;1-2H3. The third-order valence-electron chi connectivity index (χ3n) is 1.94. The van der Waals surface area contributed by atoms with E-state index < -0.39 is 0 Å². The van der Waals surface area contributed by atoms with E-state index in [9.17, 15) is 0 Å². The van der Waals surface area contributed by atoms with Crippen molar-refractivity contribution in [3.8, 4) is 0 Å². The normalized spacial score (nSPS) is 9.29. The van der Waals surface area contributed by atoms with Gasteiger partial charge in [0.25, 0.3) is 0 Å². The molecule has 0 heterocycles. The van der Waals surface area contributed by atoms with Crippen molar-refractivity contribution in [3.63, 3.8) is 0 Å². The van der Waals surface area contributed by atoms with Crippen LogP contribution in [-0.4, -0.2) is 5.08 Å². The van der Waals surface area contributed by atoms with Crippen molar-refractivity contribution in [2.75, 3.05) is 5.08 Å². The highest BCUT2D eigenvalue weighted by Crippen LogP contribution is 2.26. The van der Waals surface area contributed by atoms with Gasteiger partial charge >= 0.3 is 0 Å². The average Bonchev–Trinajstić information content (AvgIpc) is 2.43. The third-order valence-corrected chi connectivity index (χ3v) is 4.09. The molecular formula is C15H18S2. The Bertz CT molecular complexity index is 345. The van der Waals surface area contributed by atoms with Crippen LogP contribution in [0.1, 0.15) is 13.8 Å². The minimum Gasteiger partial charge on any atom is -0.115 e. The molecule has 0 spiro atoms. The Balaban J connectivity index is 0.000000686. The van der Waals surface area contributed by atoms with Crippen molar-refractivity contribution >= 4 is 23.5 Å². The van der Waals surface area contributed by atoms with Crippen LogP contribution >= 0.6 is 23.5 Å². The summed E-state index contributed by atoms with van der Waals surface area (Å²) >= 11 is 3.76. The van der Waals surface area contributed by atoms with Crippen LogP contribution in [-0.2, 0) is 0 Å². The van der Waals surface area contributed by atoms with Crippen molar-refractivity contribution in [1.29, 1.82) is 0 Å². The Labute approximate surface area is 113 Å². The zero-order chi connectivity index (χ0) is 12.3. The maximum Gasteiger partial charge on any atom is 0.0486 e. The predicted molar refractivity (Wildman–Crippen MR) is 80.8 cm³/mol. The molecule has 0 nitrogen and oxygen atoms in total. The highest BCUT2D eigenvalue weighted by atomic mass is 32.2. The SMILES string of the molecule is CC.c1ccc(SCSc2ccccc2)cc1. The van der Waals surface area contributed by atoms with Gasteiger partial charge in [-0.05, 0) is 24.3 Å². The van der Waals surface area contributed by atoms with Gasteiger partial charge < -0.3 is 0 Å². The second-order valence-electron chi connectivity index (χ2n) is 3.03. The summed E-state index contributed by atoms with van der Waals surface area (Å²) in [6.07, 6.45) is 0. The highest BCUT2D eigenvalue weighted by molar-refractivity contribution is 8.16. The van der Waals surface area contributed by atoms with Crippen LogP contribution in [0.25, 0.3) is 0 Å². The van der Waals surface area contributed by atoms with Gasteiger partial charge in [-0.2, -0.15) is 0 Å². The Morgan fingerprint density at radius 2 is 1.00 bits per heavy atom. The van der Waals surface area contributed by atoms with Crippen molar-refractivity contribution in [2.24, 2.45) is 0 Å². The number of thioether (sulfide) groups is 2. The summed E-state index contributed by atoms with van der Waals surface area (Å²) in [5, 5.41) is 1.06. The largest absolute Gasteiger partial charge is 0.115 e. The summed E-state index contributed by atoms with van der Waals surface area (Å²) in [6.45, 7) is 4.00. The monoisotopic (exact) mass is 262 g/mol. The fourth-order valence-electron chi connectivity index (χ4n) is 1.20. The topological polar surface area (TPSA) is 0 Å². The maximum absolute atomic E-state index is 2.15. The number of benzene rings is 2. The lowest BCUT2D eigenvalue weighted by molar-refractivity contribution is 1.46. The third kappa shape index (κ3) is 5.85. The van der Waals surface area contributed by atoms with Gasteiger partial charge in [0.1, 0.15) is 0 Å². The van der Waals surface area contributed by atoms with Crippen molar-refractivity contribution in [1.82, 2.24) is 0 Å². The fraction of sp³-hybridized carbons (Fsp3) is 0.200. The Morgan fingerprint density at radius 1 is 0.647 bits per heavy atom. The summed E-state index contributed by atoms with van der Waals surface area (Å²) in [5.74, 6) is 0. The van der Waals surface area contributed by atoms with Crippen LogP contribution in [0.5, 0.6) is 0 Å². The molecule has 0 aliphatic heterocycles. The molecule has 0 saturated heterocycles. The van der Waals surface area contributed by atoms with Crippen molar-refractivity contribution in [2.45, 2.75) is 23.6 Å². The molecule has 90 valence electrons. The van der Waals surface area contributed by atoms with Crippen molar-refractivity contribution in [3.05, 3.63) is 60.7 Å². The molecule has 0 N–H and O–H groups in total. The highest BCUT2D eigenvalue weighted by Gasteiger charge is 1.94. The quantitative estimate of drug-likeness (QED) is 0.523. The van der Waals surface area contributed by atoms with Gasteiger partial charge in [0.2, 0.25) is 0 Å². The molecule has 0 aliphatic carbocycles. The summed E-state index contributed by atoms with van der Waals surface area (Å²) in [7, 11) is 0. The molecule has 0 unspecified atom stereocenters. The van der Waals surface area contributed by atoms with Gasteiger partial charge in [-0.1, -0.05) is 50.2 Å². The molecule has 0 aliphatic rings. The summed E-state index contributed by atoms with van der Waals surface area (Å²) < 4.78 is 0. The fourth-order valence-corrected chi connectivity index (χ4v) is 3.22. The van der Waals surface area contributed by atoms with Crippen LogP contribution in [0.2, 0.25) is 0 Å². The molecule has 2 rings (SSSR count). The molecular weight excluding hydrogens is 244 g/mol. The minimum atomic E-state index is 1.06. The first-order valence-corrected chi connectivity index (χ1v) is 7.78. The number of hydrogen-bond acceptors (Lipinski definition) is 2. The molecule has 0 bridgehead atoms. The van der Waals surface area contributed by atoms with Gasteiger partial charge in [-0.15, -0.1) is 23.5 Å². The van der Waals surface area contributed by atoms with Crippen LogP contribution < -0.4 is 0 Å². The van der Waals surface area contributed by atoms with E-state index in [1.54, 1.807) is 0 Å². The Morgan fingerprint density at radius 3 is 1.35 bits per heavy atom. The van der Waals surface area contributed by atoms with E-state index in [-0.39, 0.29) is 0 Å². The van der Waals surface area contributed by atoms with E-state index >= 15 is 0 Å². The van der Waals surface area contributed by atoms with Crippen molar-refractivity contribution < 1.29 is 0 Å². The van der Waals surface area contributed by atoms with E-state index in [0.29, 0.717) is 0 Å². The zero-order valence-corrected chi connectivity index (χ0v) is 11.9. The first-order chi connectivity index (χ1) is 8.45. The molecule has 0 radical (unpaired) electrons. The summed E-state index contributed by atoms with van der Waals surface area (Å²) in [6, 6.07) is 21.0. The smallest absolute Gasteiger partial charge is 0.0486 e.